The summed E-state index contributed by atoms with van der Waals surface area (Å²) in [5, 5.41) is 2.88. The van der Waals surface area contributed by atoms with Crippen molar-refractivity contribution >= 4 is 29.3 Å². The van der Waals surface area contributed by atoms with Crippen LogP contribution in [0.25, 0.3) is 0 Å². The smallest absolute Gasteiger partial charge is 0.387 e. The van der Waals surface area contributed by atoms with E-state index in [2.05, 4.69) is 15.0 Å². The van der Waals surface area contributed by atoms with Crippen LogP contribution in [0.4, 0.5) is 14.6 Å². The molecule has 1 N–H and O–H groups in total. The van der Waals surface area contributed by atoms with Gasteiger partial charge < -0.3 is 14.8 Å². The van der Waals surface area contributed by atoms with Crippen LogP contribution in [-0.2, 0) is 9.53 Å². The number of nitrogens with one attached hydrogen (secondary N) is 1. The van der Waals surface area contributed by atoms with Gasteiger partial charge in [-0.2, -0.15) is 8.78 Å². The van der Waals surface area contributed by atoms with Crippen LogP contribution in [0, 0.1) is 0 Å². The second-order valence-electron chi connectivity index (χ2n) is 4.80. The van der Waals surface area contributed by atoms with Crippen molar-refractivity contribution in [3.05, 3.63) is 53.2 Å². The van der Waals surface area contributed by atoms with Gasteiger partial charge in [-0.25, -0.2) is 9.78 Å². The predicted octanol–water partition coefficient (Wildman–Crippen LogP) is 3.52. The highest BCUT2D eigenvalue weighted by Gasteiger charge is 2.19. The van der Waals surface area contributed by atoms with Crippen molar-refractivity contribution in [1.29, 1.82) is 0 Å². The zero-order valence-electron chi connectivity index (χ0n) is 12.9. The number of ether oxygens (including phenoxy) is 2. The fraction of sp³-hybridized carbons (Fsp3) is 0.188. The zero-order valence-corrected chi connectivity index (χ0v) is 13.7. The van der Waals surface area contributed by atoms with Crippen LogP contribution in [0.15, 0.2) is 42.6 Å². The van der Waals surface area contributed by atoms with E-state index < -0.39 is 24.6 Å². The Hall–Kier alpha value is -2.74. The minimum absolute atomic E-state index is 0.0888. The Bertz CT molecular complexity index is 739. The van der Waals surface area contributed by atoms with Gasteiger partial charge in [0, 0.05) is 6.20 Å². The lowest BCUT2D eigenvalue weighted by Gasteiger charge is -2.13. The Labute approximate surface area is 146 Å². The number of benzene rings is 1. The van der Waals surface area contributed by atoms with Crippen molar-refractivity contribution in [2.75, 3.05) is 5.32 Å². The number of rotatable bonds is 6. The van der Waals surface area contributed by atoms with E-state index in [-0.39, 0.29) is 17.1 Å². The second kappa shape index (κ2) is 8.39. The van der Waals surface area contributed by atoms with Gasteiger partial charge in [-0.1, -0.05) is 11.6 Å². The van der Waals surface area contributed by atoms with Crippen LogP contribution in [-0.4, -0.2) is 29.6 Å². The largest absolute Gasteiger partial charge is 0.449 e. The second-order valence-corrected chi connectivity index (χ2v) is 5.24. The van der Waals surface area contributed by atoms with Crippen LogP contribution < -0.4 is 10.1 Å². The number of halogens is 3. The first-order chi connectivity index (χ1) is 11.8. The van der Waals surface area contributed by atoms with Gasteiger partial charge in [0.05, 0.1) is 10.6 Å². The molecular weight excluding hydrogens is 358 g/mol. The van der Waals surface area contributed by atoms with Crippen molar-refractivity contribution in [2.24, 2.45) is 0 Å². The van der Waals surface area contributed by atoms with E-state index in [0.29, 0.717) is 5.02 Å². The van der Waals surface area contributed by atoms with E-state index in [4.69, 9.17) is 16.3 Å². The van der Waals surface area contributed by atoms with Crippen LogP contribution >= 0.6 is 11.6 Å². The van der Waals surface area contributed by atoms with E-state index in [0.717, 1.165) is 0 Å². The summed E-state index contributed by atoms with van der Waals surface area (Å²) in [7, 11) is 0. The first kappa shape index (κ1) is 18.6. The molecule has 0 aliphatic heterocycles. The molecule has 1 heterocycles. The highest BCUT2D eigenvalue weighted by molar-refractivity contribution is 6.30. The number of nitrogens with zero attached hydrogens (tertiary/aromatic N) is 1. The van der Waals surface area contributed by atoms with Crippen molar-refractivity contribution in [3.8, 4) is 5.75 Å². The molecule has 132 valence electrons. The van der Waals surface area contributed by atoms with E-state index in [9.17, 15) is 18.4 Å². The SMILES string of the molecule is C[C@@H](OC(=O)c1ccc(OC(F)F)cc1)C(=O)Nc1ccc(Cl)cn1. The lowest BCUT2D eigenvalue weighted by molar-refractivity contribution is -0.123. The van der Waals surface area contributed by atoms with Gasteiger partial charge in [-0.15, -0.1) is 0 Å². The summed E-state index contributed by atoms with van der Waals surface area (Å²) in [6.07, 6.45) is 0.263. The maximum absolute atomic E-state index is 12.1. The number of hydrogen-bond acceptors (Lipinski definition) is 5. The zero-order chi connectivity index (χ0) is 18.4. The molecule has 0 saturated carbocycles. The fourth-order valence-corrected chi connectivity index (χ4v) is 1.84. The third-order valence-electron chi connectivity index (χ3n) is 2.95. The first-order valence-electron chi connectivity index (χ1n) is 7.03. The maximum atomic E-state index is 12.1. The van der Waals surface area contributed by atoms with Gasteiger partial charge in [0.15, 0.2) is 6.10 Å². The molecule has 2 aromatic rings. The molecule has 0 radical (unpaired) electrons. The predicted molar refractivity (Wildman–Crippen MR) is 85.8 cm³/mol. The number of hydrogen-bond donors (Lipinski definition) is 1. The molecule has 0 bridgehead atoms. The van der Waals surface area contributed by atoms with Crippen LogP contribution in [0.3, 0.4) is 0 Å². The summed E-state index contributed by atoms with van der Waals surface area (Å²) in [5.41, 5.74) is 0.0888. The summed E-state index contributed by atoms with van der Waals surface area (Å²) in [5.74, 6) is -1.20. The number of carbonyl (C=O) groups is 2. The quantitative estimate of drug-likeness (QED) is 0.787. The summed E-state index contributed by atoms with van der Waals surface area (Å²) < 4.78 is 33.3. The topological polar surface area (TPSA) is 77.5 Å². The first-order valence-corrected chi connectivity index (χ1v) is 7.41. The van der Waals surface area contributed by atoms with Crippen molar-refractivity contribution in [1.82, 2.24) is 4.98 Å². The van der Waals surface area contributed by atoms with Crippen LogP contribution in [0.5, 0.6) is 5.75 Å². The van der Waals surface area contributed by atoms with E-state index in [1.165, 1.54) is 43.5 Å². The van der Waals surface area contributed by atoms with Crippen LogP contribution in [0.2, 0.25) is 5.02 Å². The molecule has 0 aliphatic rings. The fourth-order valence-electron chi connectivity index (χ4n) is 1.73. The average molecular weight is 371 g/mol. The molecular formula is C16H13ClF2N2O4. The lowest BCUT2D eigenvalue weighted by Crippen LogP contribution is -2.30. The number of esters is 1. The monoisotopic (exact) mass is 370 g/mol. The number of anilines is 1. The van der Waals surface area contributed by atoms with Gasteiger partial charge in [-0.3, -0.25) is 4.79 Å². The van der Waals surface area contributed by atoms with Gasteiger partial charge in [0.2, 0.25) is 0 Å². The molecule has 0 saturated heterocycles. The Morgan fingerprint density at radius 1 is 1.16 bits per heavy atom. The Morgan fingerprint density at radius 3 is 2.40 bits per heavy atom. The number of amides is 1. The molecule has 0 fully saturated rings. The maximum Gasteiger partial charge on any atom is 0.387 e. The minimum atomic E-state index is -2.96. The Balaban J connectivity index is 1.92. The molecule has 6 nitrogen and oxygen atoms in total. The molecule has 25 heavy (non-hydrogen) atoms. The summed E-state index contributed by atoms with van der Waals surface area (Å²) in [6.45, 7) is -1.57. The lowest BCUT2D eigenvalue weighted by atomic mass is 10.2. The van der Waals surface area contributed by atoms with Crippen molar-refractivity contribution in [3.63, 3.8) is 0 Å². The van der Waals surface area contributed by atoms with Gasteiger partial charge in [0.1, 0.15) is 11.6 Å². The van der Waals surface area contributed by atoms with Gasteiger partial charge in [-0.05, 0) is 43.3 Å². The number of pyridine rings is 1. The van der Waals surface area contributed by atoms with Crippen LogP contribution in [0.1, 0.15) is 17.3 Å². The number of carbonyl (C=O) groups excluding carboxylic acids is 2. The molecule has 1 amide bonds. The number of aromatic nitrogens is 1. The highest BCUT2D eigenvalue weighted by atomic mass is 35.5. The summed E-state index contributed by atoms with van der Waals surface area (Å²) >= 11 is 5.69. The molecule has 0 spiro atoms. The normalized spacial score (nSPS) is 11.7. The molecule has 0 unspecified atom stereocenters. The summed E-state index contributed by atoms with van der Waals surface area (Å²) in [6, 6.07) is 7.95. The molecule has 2 rings (SSSR count). The third kappa shape index (κ3) is 5.68. The number of alkyl halides is 2. The molecule has 1 aromatic carbocycles. The molecule has 1 aromatic heterocycles. The van der Waals surface area contributed by atoms with Crippen molar-refractivity contribution < 1.29 is 27.8 Å². The van der Waals surface area contributed by atoms with E-state index >= 15 is 0 Å². The third-order valence-corrected chi connectivity index (χ3v) is 3.17. The average Bonchev–Trinajstić information content (AvgIpc) is 2.57. The molecule has 0 aliphatic carbocycles. The van der Waals surface area contributed by atoms with Gasteiger partial charge >= 0.3 is 12.6 Å². The molecule has 1 atom stereocenters. The molecule has 9 heteroatoms. The Morgan fingerprint density at radius 2 is 1.84 bits per heavy atom. The van der Waals surface area contributed by atoms with E-state index in [1.807, 2.05) is 0 Å². The Kier molecular flexibility index (Phi) is 6.24. The van der Waals surface area contributed by atoms with Crippen molar-refractivity contribution in [2.45, 2.75) is 19.6 Å². The highest BCUT2D eigenvalue weighted by Crippen LogP contribution is 2.16. The van der Waals surface area contributed by atoms with E-state index in [1.54, 1.807) is 6.07 Å². The van der Waals surface area contributed by atoms with Gasteiger partial charge in [0.25, 0.3) is 5.91 Å². The minimum Gasteiger partial charge on any atom is -0.449 e. The standard InChI is InChI=1S/C16H13ClF2N2O4/c1-9(14(22)21-13-7-4-11(17)8-20-13)24-15(23)10-2-5-12(6-3-10)25-16(18)19/h2-9,16H,1H3,(H,20,21,22)/t9-/m1/s1. The summed E-state index contributed by atoms with van der Waals surface area (Å²) in [4.78, 5) is 27.8.